The number of amides is 1. The Bertz CT molecular complexity index is 909. The predicted molar refractivity (Wildman–Crippen MR) is 118 cm³/mol. The van der Waals surface area contributed by atoms with Crippen LogP contribution in [-0.2, 0) is 10.0 Å². The molecule has 0 spiro atoms. The molecule has 2 aliphatic heterocycles. The predicted octanol–water partition coefficient (Wildman–Crippen LogP) is 1.50. The number of aliphatic hydroxyl groups excluding tert-OH is 1. The highest BCUT2D eigenvalue weighted by Gasteiger charge is 2.49. The van der Waals surface area contributed by atoms with E-state index in [2.05, 4.69) is 15.8 Å². The summed E-state index contributed by atoms with van der Waals surface area (Å²) in [5.41, 5.74) is 0.320. The molecule has 5 rings (SSSR count). The minimum absolute atomic E-state index is 0.0337. The van der Waals surface area contributed by atoms with Gasteiger partial charge in [0.1, 0.15) is 5.76 Å². The molecule has 2 aliphatic carbocycles. The van der Waals surface area contributed by atoms with Crippen molar-refractivity contribution < 1.29 is 22.8 Å². The van der Waals surface area contributed by atoms with Gasteiger partial charge in [-0.3, -0.25) is 4.79 Å². The lowest BCUT2D eigenvalue weighted by Gasteiger charge is -2.41. The Kier molecular flexibility index (Phi) is 6.30. The van der Waals surface area contributed by atoms with Gasteiger partial charge in [-0.15, -0.1) is 0 Å². The second kappa shape index (κ2) is 9.04. The highest BCUT2D eigenvalue weighted by molar-refractivity contribution is 7.89. The Hall–Kier alpha value is -1.49. The smallest absolute Gasteiger partial charge is 0.273 e. The van der Waals surface area contributed by atoms with Crippen molar-refractivity contribution in [2.24, 2.45) is 0 Å². The summed E-state index contributed by atoms with van der Waals surface area (Å²) < 4.78 is 34.1. The van der Waals surface area contributed by atoms with E-state index in [0.717, 1.165) is 44.3 Å². The Balaban J connectivity index is 1.18. The van der Waals surface area contributed by atoms with E-state index >= 15 is 0 Å². The summed E-state index contributed by atoms with van der Waals surface area (Å²) in [5, 5.41) is 18.9. The molecule has 1 aromatic rings. The molecular formula is C22H34N4O5S. The maximum absolute atomic E-state index is 13.5. The lowest BCUT2D eigenvalue weighted by Crippen LogP contribution is -2.55. The summed E-state index contributed by atoms with van der Waals surface area (Å²) in [6.45, 7) is 0.660. The van der Waals surface area contributed by atoms with Gasteiger partial charge in [0.05, 0.1) is 11.9 Å². The monoisotopic (exact) mass is 466 g/mol. The number of carbonyl (C=O) groups excluding carboxylic acids is 1. The number of nitrogens with zero attached hydrogens (tertiary/aromatic N) is 2. The molecule has 3 N–H and O–H groups in total. The molecule has 1 aromatic heterocycles. The van der Waals surface area contributed by atoms with Crippen LogP contribution in [-0.4, -0.2) is 71.5 Å². The Labute approximate surface area is 189 Å². The summed E-state index contributed by atoms with van der Waals surface area (Å²) in [5.74, 6) is 0.973. The molecule has 32 heavy (non-hydrogen) atoms. The van der Waals surface area contributed by atoms with Crippen LogP contribution in [0.4, 0.5) is 0 Å². The third-order valence-electron chi connectivity index (χ3n) is 7.68. The summed E-state index contributed by atoms with van der Waals surface area (Å²) in [4.78, 5) is 12.6. The fourth-order valence-corrected chi connectivity index (χ4v) is 8.32. The number of aromatic nitrogens is 1. The van der Waals surface area contributed by atoms with Crippen LogP contribution in [0.3, 0.4) is 0 Å². The van der Waals surface area contributed by atoms with E-state index < -0.39 is 10.0 Å². The van der Waals surface area contributed by atoms with E-state index in [1.165, 1.54) is 0 Å². The van der Waals surface area contributed by atoms with Crippen LogP contribution in [0, 0.1) is 0 Å². The molecule has 1 amide bonds. The van der Waals surface area contributed by atoms with E-state index in [1.807, 2.05) is 0 Å². The van der Waals surface area contributed by atoms with Crippen LogP contribution in [0.15, 0.2) is 10.6 Å². The van der Waals surface area contributed by atoms with E-state index in [4.69, 9.17) is 9.63 Å². The zero-order valence-electron chi connectivity index (χ0n) is 18.4. The normalized spacial score (nSPS) is 33.3. The van der Waals surface area contributed by atoms with Gasteiger partial charge >= 0.3 is 0 Å². The van der Waals surface area contributed by atoms with Crippen LogP contribution < -0.4 is 10.6 Å². The first kappa shape index (κ1) is 22.3. The van der Waals surface area contributed by atoms with Gasteiger partial charge in [-0.1, -0.05) is 5.16 Å². The van der Waals surface area contributed by atoms with Crippen molar-refractivity contribution in [3.8, 4) is 0 Å². The average molecular weight is 467 g/mol. The highest BCUT2D eigenvalue weighted by Crippen LogP contribution is 2.42. The largest absolute Gasteiger partial charge is 0.395 e. The van der Waals surface area contributed by atoms with Gasteiger partial charge in [-0.25, -0.2) is 8.42 Å². The summed E-state index contributed by atoms with van der Waals surface area (Å²) in [7, 11) is -3.35. The van der Waals surface area contributed by atoms with Crippen molar-refractivity contribution in [2.75, 3.05) is 13.2 Å². The zero-order valence-corrected chi connectivity index (χ0v) is 19.2. The van der Waals surface area contributed by atoms with Crippen molar-refractivity contribution in [1.82, 2.24) is 20.1 Å². The number of aliphatic hydroxyl groups is 1. The van der Waals surface area contributed by atoms with Crippen LogP contribution in [0.1, 0.15) is 86.4 Å². The standard InChI is InChI=1S/C22H34N4O5S/c27-10-9-23-15-3-7-19(8-4-15)32(29,30)26-17-5-6-18(26)12-16(11-17)24-22(28)20-13-21(31-25-20)14-1-2-14/h13-19,23,27H,1-12H2,(H,24,28)/t15-,16-,17+,18-,19-. The molecule has 0 unspecified atom stereocenters. The first-order valence-electron chi connectivity index (χ1n) is 12.1. The molecule has 2 bridgehead atoms. The number of hydrogen-bond acceptors (Lipinski definition) is 7. The quantitative estimate of drug-likeness (QED) is 0.530. The molecule has 2 saturated heterocycles. The maximum Gasteiger partial charge on any atom is 0.273 e. The van der Waals surface area contributed by atoms with Crippen LogP contribution in [0.2, 0.25) is 0 Å². The van der Waals surface area contributed by atoms with Crippen LogP contribution >= 0.6 is 0 Å². The van der Waals surface area contributed by atoms with E-state index in [1.54, 1.807) is 10.4 Å². The zero-order chi connectivity index (χ0) is 22.3. The molecular weight excluding hydrogens is 432 g/mol. The Morgan fingerprint density at radius 1 is 1.06 bits per heavy atom. The molecule has 3 atom stereocenters. The first-order chi connectivity index (χ1) is 15.5. The fourth-order valence-electron chi connectivity index (χ4n) is 5.89. The maximum atomic E-state index is 13.5. The topological polar surface area (TPSA) is 125 Å². The molecule has 10 heteroatoms. The number of rotatable bonds is 8. The van der Waals surface area contributed by atoms with Crippen molar-refractivity contribution in [3.63, 3.8) is 0 Å². The average Bonchev–Trinajstić information content (AvgIpc) is 3.44. The minimum Gasteiger partial charge on any atom is -0.395 e. The number of fused-ring (bicyclic) bond motifs is 2. The molecule has 0 radical (unpaired) electrons. The number of hydrogen-bond donors (Lipinski definition) is 3. The SMILES string of the molecule is O=C(N[C@H]1C[C@H]2CC[C@@H](C1)N2S(=O)(=O)[C@H]1CC[C@H](NCCO)CC1)c1cc(C2CC2)on1. The molecule has 2 saturated carbocycles. The third kappa shape index (κ3) is 4.47. The van der Waals surface area contributed by atoms with Gasteiger partial charge in [-0.05, 0) is 64.2 Å². The lowest BCUT2D eigenvalue weighted by molar-refractivity contribution is 0.0899. The van der Waals surface area contributed by atoms with Gasteiger partial charge < -0.3 is 20.3 Å². The van der Waals surface area contributed by atoms with Crippen molar-refractivity contribution in [2.45, 2.75) is 99.5 Å². The number of piperidine rings is 1. The molecule has 3 heterocycles. The molecule has 178 valence electrons. The summed E-state index contributed by atoms with van der Waals surface area (Å²) in [6.07, 6.45) is 8.19. The van der Waals surface area contributed by atoms with Gasteiger partial charge in [0.2, 0.25) is 10.0 Å². The molecule has 4 fully saturated rings. The number of sulfonamides is 1. The summed E-state index contributed by atoms with van der Waals surface area (Å²) in [6, 6.07) is 1.93. The third-order valence-corrected chi connectivity index (χ3v) is 10.2. The Morgan fingerprint density at radius 3 is 2.38 bits per heavy atom. The van der Waals surface area contributed by atoms with Crippen LogP contribution in [0.5, 0.6) is 0 Å². The molecule has 9 nitrogen and oxygen atoms in total. The second-order valence-electron chi connectivity index (χ2n) is 9.94. The van der Waals surface area contributed by atoms with Gasteiger partial charge in [0, 0.05) is 42.7 Å². The van der Waals surface area contributed by atoms with Crippen molar-refractivity contribution in [3.05, 3.63) is 17.5 Å². The first-order valence-corrected chi connectivity index (χ1v) is 13.6. The van der Waals surface area contributed by atoms with E-state index in [9.17, 15) is 13.2 Å². The fraction of sp³-hybridized carbons (Fsp3) is 0.818. The number of nitrogens with one attached hydrogen (secondary N) is 2. The molecule has 4 aliphatic rings. The second-order valence-corrected chi connectivity index (χ2v) is 12.1. The van der Waals surface area contributed by atoms with E-state index in [-0.39, 0.29) is 35.9 Å². The van der Waals surface area contributed by atoms with Crippen LogP contribution in [0.25, 0.3) is 0 Å². The minimum atomic E-state index is -3.35. The summed E-state index contributed by atoms with van der Waals surface area (Å²) >= 11 is 0. The van der Waals surface area contributed by atoms with Gasteiger partial charge in [0.25, 0.3) is 5.91 Å². The van der Waals surface area contributed by atoms with Gasteiger partial charge in [-0.2, -0.15) is 4.31 Å². The lowest BCUT2D eigenvalue weighted by atomic mass is 9.95. The van der Waals surface area contributed by atoms with E-state index in [0.29, 0.717) is 49.9 Å². The molecule has 0 aromatic carbocycles. The highest BCUT2D eigenvalue weighted by atomic mass is 32.2. The van der Waals surface area contributed by atoms with Crippen molar-refractivity contribution >= 4 is 15.9 Å². The number of carbonyl (C=O) groups is 1. The van der Waals surface area contributed by atoms with Crippen molar-refractivity contribution in [1.29, 1.82) is 0 Å². The Morgan fingerprint density at radius 2 is 1.75 bits per heavy atom. The van der Waals surface area contributed by atoms with Gasteiger partial charge in [0.15, 0.2) is 5.69 Å².